The number of hydrogen-bond donors (Lipinski definition) is 0. The van der Waals surface area contributed by atoms with Gasteiger partial charge in [0.15, 0.2) is 6.61 Å². The first-order valence-corrected chi connectivity index (χ1v) is 9.93. The molecule has 0 N–H and O–H groups in total. The lowest BCUT2D eigenvalue weighted by molar-refractivity contribution is -0.384. The number of rotatable bonds is 6. The van der Waals surface area contributed by atoms with Crippen molar-refractivity contribution in [3.63, 3.8) is 0 Å². The maximum atomic E-state index is 12.9. The second-order valence-corrected chi connectivity index (χ2v) is 7.21. The van der Waals surface area contributed by atoms with E-state index in [9.17, 15) is 32.9 Å². The van der Waals surface area contributed by atoms with Crippen molar-refractivity contribution in [2.45, 2.75) is 6.18 Å². The standard InChI is InChI=1S/C22H20F3N3O5/c23-22(24,25)17-4-2-5-18(14-17)26-9-11-27(12-10-26)20(29)15-33-21(30)8-7-16-3-1-6-19(13-16)28(31)32/h1-8,13-14H,9-12,15H2/b8-7+. The van der Waals surface area contributed by atoms with E-state index in [4.69, 9.17) is 4.74 Å². The Morgan fingerprint density at radius 1 is 1.06 bits per heavy atom. The fourth-order valence-corrected chi connectivity index (χ4v) is 3.27. The molecular formula is C22H20F3N3O5. The van der Waals surface area contributed by atoms with E-state index in [0.717, 1.165) is 18.2 Å². The summed E-state index contributed by atoms with van der Waals surface area (Å²) in [4.78, 5) is 37.6. The van der Waals surface area contributed by atoms with Crippen LogP contribution in [0.25, 0.3) is 6.08 Å². The highest BCUT2D eigenvalue weighted by Gasteiger charge is 2.31. The van der Waals surface area contributed by atoms with E-state index in [0.29, 0.717) is 24.3 Å². The van der Waals surface area contributed by atoms with Crippen LogP contribution in [0.5, 0.6) is 0 Å². The van der Waals surface area contributed by atoms with E-state index in [1.807, 2.05) is 0 Å². The number of anilines is 1. The molecule has 0 unspecified atom stereocenters. The number of esters is 1. The lowest BCUT2D eigenvalue weighted by atomic mass is 10.1. The summed E-state index contributed by atoms with van der Waals surface area (Å²) in [5, 5.41) is 10.8. The molecule has 1 saturated heterocycles. The van der Waals surface area contributed by atoms with Crippen molar-refractivity contribution in [2.75, 3.05) is 37.7 Å². The van der Waals surface area contributed by atoms with Crippen LogP contribution in [-0.4, -0.2) is 54.5 Å². The van der Waals surface area contributed by atoms with Crippen LogP contribution in [0.15, 0.2) is 54.6 Å². The van der Waals surface area contributed by atoms with Gasteiger partial charge in [0.05, 0.1) is 10.5 Å². The Balaban J connectivity index is 1.47. The number of piperazine rings is 1. The zero-order chi connectivity index (χ0) is 24.0. The molecule has 0 spiro atoms. The Kier molecular flexibility index (Phi) is 7.31. The van der Waals surface area contributed by atoms with Gasteiger partial charge in [-0.25, -0.2) is 4.79 Å². The molecule has 0 aliphatic carbocycles. The van der Waals surface area contributed by atoms with Gasteiger partial charge in [0.25, 0.3) is 11.6 Å². The Hall–Kier alpha value is -3.89. The summed E-state index contributed by atoms with van der Waals surface area (Å²) in [5.74, 6) is -1.20. The van der Waals surface area contributed by atoms with Crippen molar-refractivity contribution < 1.29 is 32.4 Å². The van der Waals surface area contributed by atoms with Crippen LogP contribution in [-0.2, 0) is 20.5 Å². The minimum absolute atomic E-state index is 0.120. The van der Waals surface area contributed by atoms with Crippen LogP contribution in [0.2, 0.25) is 0 Å². The number of benzene rings is 2. The molecule has 33 heavy (non-hydrogen) atoms. The lowest BCUT2D eigenvalue weighted by Crippen LogP contribution is -2.49. The number of nitro groups is 1. The highest BCUT2D eigenvalue weighted by molar-refractivity contribution is 5.89. The third-order valence-electron chi connectivity index (χ3n) is 5.00. The number of non-ortho nitro benzene ring substituents is 1. The zero-order valence-electron chi connectivity index (χ0n) is 17.3. The molecule has 1 aliphatic heterocycles. The van der Waals surface area contributed by atoms with Crippen LogP contribution in [0.3, 0.4) is 0 Å². The minimum atomic E-state index is -4.43. The van der Waals surface area contributed by atoms with Gasteiger partial charge < -0.3 is 14.5 Å². The first-order valence-electron chi connectivity index (χ1n) is 9.93. The number of carbonyl (C=O) groups excluding carboxylic acids is 2. The van der Waals surface area contributed by atoms with E-state index in [1.54, 1.807) is 17.0 Å². The van der Waals surface area contributed by atoms with Gasteiger partial charge in [-0.15, -0.1) is 0 Å². The van der Waals surface area contributed by atoms with Crippen LogP contribution in [0, 0.1) is 10.1 Å². The molecule has 3 rings (SSSR count). The molecular weight excluding hydrogens is 443 g/mol. The summed E-state index contributed by atoms with van der Waals surface area (Å²) >= 11 is 0. The predicted octanol–water partition coefficient (Wildman–Crippen LogP) is 3.52. The van der Waals surface area contributed by atoms with Gasteiger partial charge >= 0.3 is 12.1 Å². The molecule has 2 aromatic rings. The Bertz CT molecular complexity index is 1060. The van der Waals surface area contributed by atoms with Crippen molar-refractivity contribution in [1.29, 1.82) is 0 Å². The Morgan fingerprint density at radius 3 is 2.42 bits per heavy atom. The second-order valence-electron chi connectivity index (χ2n) is 7.21. The molecule has 2 aromatic carbocycles. The maximum absolute atomic E-state index is 12.9. The number of amides is 1. The fraction of sp³-hybridized carbons (Fsp3) is 0.273. The van der Waals surface area contributed by atoms with E-state index in [1.165, 1.54) is 35.2 Å². The molecule has 1 fully saturated rings. The molecule has 0 radical (unpaired) electrons. The van der Waals surface area contributed by atoms with Gasteiger partial charge in [-0.1, -0.05) is 18.2 Å². The average Bonchev–Trinajstić information content (AvgIpc) is 2.81. The monoisotopic (exact) mass is 463 g/mol. The fourth-order valence-electron chi connectivity index (χ4n) is 3.27. The van der Waals surface area contributed by atoms with Crippen LogP contribution < -0.4 is 4.90 Å². The summed E-state index contributed by atoms with van der Waals surface area (Å²) in [6.45, 7) is 0.745. The SMILES string of the molecule is O=C(/C=C/c1cccc([N+](=O)[O-])c1)OCC(=O)N1CCN(c2cccc(C(F)(F)F)c2)CC1. The largest absolute Gasteiger partial charge is 0.452 e. The summed E-state index contributed by atoms with van der Waals surface area (Å²) in [6, 6.07) is 10.7. The van der Waals surface area contributed by atoms with E-state index in [-0.39, 0.29) is 18.8 Å². The number of carbonyl (C=O) groups is 2. The van der Waals surface area contributed by atoms with Gasteiger partial charge in [0, 0.05) is 50.1 Å². The molecule has 0 saturated carbocycles. The number of hydrogen-bond acceptors (Lipinski definition) is 6. The third kappa shape index (κ3) is 6.55. The van der Waals surface area contributed by atoms with Gasteiger partial charge in [0.2, 0.25) is 0 Å². The van der Waals surface area contributed by atoms with Gasteiger partial charge in [-0.2, -0.15) is 13.2 Å². The van der Waals surface area contributed by atoms with Gasteiger partial charge in [-0.05, 0) is 29.8 Å². The number of alkyl halides is 3. The number of halogens is 3. The highest BCUT2D eigenvalue weighted by Crippen LogP contribution is 2.31. The van der Waals surface area contributed by atoms with E-state index >= 15 is 0 Å². The van der Waals surface area contributed by atoms with Crippen molar-refractivity contribution >= 4 is 29.3 Å². The lowest BCUT2D eigenvalue weighted by Gasteiger charge is -2.36. The minimum Gasteiger partial charge on any atom is -0.452 e. The second kappa shape index (κ2) is 10.2. The zero-order valence-corrected chi connectivity index (χ0v) is 17.3. The summed E-state index contributed by atoms with van der Waals surface area (Å²) in [5.41, 5.74) is 0.00128. The van der Waals surface area contributed by atoms with Crippen molar-refractivity contribution in [3.05, 3.63) is 75.8 Å². The Morgan fingerprint density at radius 2 is 1.76 bits per heavy atom. The molecule has 0 atom stereocenters. The molecule has 1 amide bonds. The Labute approximate surface area is 187 Å². The van der Waals surface area contributed by atoms with E-state index in [2.05, 4.69) is 0 Å². The van der Waals surface area contributed by atoms with Crippen molar-refractivity contribution in [1.82, 2.24) is 4.90 Å². The first-order chi connectivity index (χ1) is 15.6. The summed E-state index contributed by atoms with van der Waals surface area (Å²) in [7, 11) is 0. The van der Waals surface area contributed by atoms with E-state index < -0.39 is 35.1 Å². The van der Waals surface area contributed by atoms with Gasteiger partial charge in [0.1, 0.15) is 0 Å². The smallest absolute Gasteiger partial charge is 0.416 e. The van der Waals surface area contributed by atoms with Crippen LogP contribution in [0.1, 0.15) is 11.1 Å². The summed E-state index contributed by atoms with van der Waals surface area (Å²) < 4.78 is 43.7. The van der Waals surface area contributed by atoms with Crippen LogP contribution >= 0.6 is 0 Å². The number of ether oxygens (including phenoxy) is 1. The molecule has 1 heterocycles. The molecule has 11 heteroatoms. The average molecular weight is 463 g/mol. The molecule has 174 valence electrons. The van der Waals surface area contributed by atoms with Crippen LogP contribution in [0.4, 0.5) is 24.5 Å². The molecule has 0 bridgehead atoms. The number of nitrogens with zero attached hydrogens (tertiary/aromatic N) is 3. The van der Waals surface area contributed by atoms with Crippen molar-refractivity contribution in [3.8, 4) is 0 Å². The predicted molar refractivity (Wildman–Crippen MR) is 113 cm³/mol. The maximum Gasteiger partial charge on any atom is 0.416 e. The first kappa shape index (κ1) is 23.8. The molecule has 8 nitrogen and oxygen atoms in total. The highest BCUT2D eigenvalue weighted by atomic mass is 19.4. The summed E-state index contributed by atoms with van der Waals surface area (Å²) in [6.07, 6.45) is -2.02. The number of nitro benzene ring substituents is 1. The molecule has 0 aromatic heterocycles. The molecule has 1 aliphatic rings. The quantitative estimate of drug-likeness (QED) is 0.282. The third-order valence-corrected chi connectivity index (χ3v) is 5.00. The van der Waals surface area contributed by atoms with Gasteiger partial charge in [-0.3, -0.25) is 14.9 Å². The normalized spacial score (nSPS) is 14.4. The topological polar surface area (TPSA) is 93.0 Å². The van der Waals surface area contributed by atoms with Crippen molar-refractivity contribution in [2.24, 2.45) is 0 Å².